The van der Waals surface area contributed by atoms with Gasteiger partial charge in [0.25, 0.3) is 0 Å². The first-order chi connectivity index (χ1) is 11.0. The van der Waals surface area contributed by atoms with Crippen LogP contribution in [0, 0.1) is 0 Å². The quantitative estimate of drug-likeness (QED) is 0.579. The largest absolute Gasteiger partial charge is 0.495 e. The summed E-state index contributed by atoms with van der Waals surface area (Å²) in [4.78, 5) is 47.4. The van der Waals surface area contributed by atoms with Crippen LogP contribution in [-0.2, 0) is 14.3 Å². The molecular formula is C14H15N3O6. The Kier molecular flexibility index (Phi) is 4.91. The molecule has 2 rings (SSSR count). The van der Waals surface area contributed by atoms with Gasteiger partial charge >= 0.3 is 18.0 Å². The minimum Gasteiger partial charge on any atom is -0.495 e. The van der Waals surface area contributed by atoms with Crippen molar-refractivity contribution in [2.24, 2.45) is 5.73 Å². The van der Waals surface area contributed by atoms with Crippen LogP contribution in [0.2, 0.25) is 0 Å². The van der Waals surface area contributed by atoms with Crippen molar-refractivity contribution in [2.45, 2.75) is 6.42 Å². The van der Waals surface area contributed by atoms with Crippen LogP contribution >= 0.6 is 0 Å². The van der Waals surface area contributed by atoms with Crippen molar-refractivity contribution in [2.75, 3.05) is 25.1 Å². The number of rotatable bonds is 4. The van der Waals surface area contributed by atoms with Crippen LogP contribution in [0.1, 0.15) is 16.8 Å². The monoisotopic (exact) mass is 321 g/mol. The second-order valence-electron chi connectivity index (χ2n) is 4.61. The van der Waals surface area contributed by atoms with E-state index in [0.717, 1.165) is 0 Å². The highest BCUT2D eigenvalue weighted by atomic mass is 16.6. The Balaban J connectivity index is 2.32. The number of methoxy groups -OCH3 is 1. The van der Waals surface area contributed by atoms with Gasteiger partial charge in [0, 0.05) is 13.0 Å². The second-order valence-corrected chi connectivity index (χ2v) is 4.61. The van der Waals surface area contributed by atoms with Crippen molar-refractivity contribution >= 4 is 29.6 Å². The Morgan fingerprint density at radius 2 is 2.09 bits per heavy atom. The number of amides is 3. The standard InChI is InChI=1S/C14H15N3O6/c1-22-10-3-2-8(13(20)23-12(19)7-15)6-9(10)17-5-4-11(18)16-14(17)21/h2-3,6H,4-5,7,15H2,1H3,(H,16,18,21). The van der Waals surface area contributed by atoms with Crippen molar-refractivity contribution < 1.29 is 28.7 Å². The lowest BCUT2D eigenvalue weighted by Crippen LogP contribution is -2.49. The molecule has 1 aromatic rings. The topological polar surface area (TPSA) is 128 Å². The van der Waals surface area contributed by atoms with E-state index in [1.54, 1.807) is 0 Å². The third-order valence-corrected chi connectivity index (χ3v) is 3.13. The molecule has 0 saturated carbocycles. The lowest BCUT2D eigenvalue weighted by molar-refractivity contribution is -0.136. The maximum atomic E-state index is 11.9. The summed E-state index contributed by atoms with van der Waals surface area (Å²) in [6.07, 6.45) is 0.120. The van der Waals surface area contributed by atoms with E-state index in [0.29, 0.717) is 5.75 Å². The predicted molar refractivity (Wildman–Crippen MR) is 78.0 cm³/mol. The van der Waals surface area contributed by atoms with Gasteiger partial charge in [0.05, 0.1) is 24.9 Å². The molecule has 0 aliphatic carbocycles. The van der Waals surface area contributed by atoms with Crippen molar-refractivity contribution in [3.8, 4) is 5.75 Å². The first kappa shape index (κ1) is 16.4. The molecule has 1 heterocycles. The number of nitrogens with zero attached hydrogens (tertiary/aromatic N) is 1. The molecule has 0 spiro atoms. The highest BCUT2D eigenvalue weighted by molar-refractivity contribution is 6.07. The fourth-order valence-electron chi connectivity index (χ4n) is 2.03. The Labute approximate surface area is 131 Å². The van der Waals surface area contributed by atoms with Gasteiger partial charge in [-0.15, -0.1) is 0 Å². The molecule has 1 fully saturated rings. The van der Waals surface area contributed by atoms with E-state index in [4.69, 9.17) is 10.5 Å². The summed E-state index contributed by atoms with van der Waals surface area (Å²) in [6.45, 7) is -0.285. The smallest absolute Gasteiger partial charge is 0.345 e. The molecule has 0 atom stereocenters. The molecule has 122 valence electrons. The predicted octanol–water partition coefficient (Wildman–Crippen LogP) is -0.216. The number of hydrogen-bond donors (Lipinski definition) is 2. The molecule has 1 aromatic carbocycles. The fourth-order valence-corrected chi connectivity index (χ4v) is 2.03. The zero-order valence-corrected chi connectivity index (χ0v) is 12.3. The molecule has 9 nitrogen and oxygen atoms in total. The molecule has 23 heavy (non-hydrogen) atoms. The van der Waals surface area contributed by atoms with Crippen molar-refractivity contribution in [3.05, 3.63) is 23.8 Å². The number of hydrogen-bond acceptors (Lipinski definition) is 7. The zero-order valence-electron chi connectivity index (χ0n) is 12.3. The maximum absolute atomic E-state index is 11.9. The van der Waals surface area contributed by atoms with Gasteiger partial charge < -0.3 is 15.2 Å². The summed E-state index contributed by atoms with van der Waals surface area (Å²) in [7, 11) is 1.40. The SMILES string of the molecule is COc1ccc(C(=O)OC(=O)CN)cc1N1CCC(=O)NC1=O. The minimum atomic E-state index is -0.891. The summed E-state index contributed by atoms with van der Waals surface area (Å²) >= 11 is 0. The number of ether oxygens (including phenoxy) is 2. The van der Waals surface area contributed by atoms with Crippen LogP contribution in [0.3, 0.4) is 0 Å². The molecule has 3 N–H and O–H groups in total. The Morgan fingerprint density at radius 1 is 1.35 bits per heavy atom. The zero-order chi connectivity index (χ0) is 17.0. The summed E-state index contributed by atoms with van der Waals surface area (Å²) in [5.41, 5.74) is 5.42. The molecule has 3 amide bonds. The van der Waals surface area contributed by atoms with Gasteiger partial charge in [0.15, 0.2) is 0 Å². The molecule has 9 heteroatoms. The number of esters is 2. The van der Waals surface area contributed by atoms with E-state index in [9.17, 15) is 19.2 Å². The Morgan fingerprint density at radius 3 is 2.70 bits per heavy atom. The van der Waals surface area contributed by atoms with Gasteiger partial charge in [-0.25, -0.2) is 9.59 Å². The molecule has 1 saturated heterocycles. The number of urea groups is 1. The van der Waals surface area contributed by atoms with E-state index >= 15 is 0 Å². The van der Waals surface area contributed by atoms with Gasteiger partial charge in [-0.3, -0.25) is 19.8 Å². The third-order valence-electron chi connectivity index (χ3n) is 3.13. The molecule has 0 aromatic heterocycles. The van der Waals surface area contributed by atoms with E-state index < -0.39 is 24.5 Å². The number of carbonyl (C=O) groups is 4. The number of imide groups is 1. The van der Waals surface area contributed by atoms with Crippen molar-refractivity contribution in [1.29, 1.82) is 0 Å². The Bertz CT molecular complexity index is 672. The van der Waals surface area contributed by atoms with Crippen molar-refractivity contribution in [3.63, 3.8) is 0 Å². The van der Waals surface area contributed by atoms with E-state index in [1.807, 2.05) is 0 Å². The molecule has 1 aliphatic heterocycles. The van der Waals surface area contributed by atoms with Crippen LogP contribution < -0.4 is 20.7 Å². The molecule has 0 radical (unpaired) electrons. The number of anilines is 1. The fraction of sp³-hybridized carbons (Fsp3) is 0.286. The van der Waals surface area contributed by atoms with E-state index in [1.165, 1.54) is 30.2 Å². The van der Waals surface area contributed by atoms with Gasteiger partial charge in [-0.1, -0.05) is 0 Å². The molecular weight excluding hydrogens is 306 g/mol. The van der Waals surface area contributed by atoms with Crippen LogP contribution in [0.4, 0.5) is 10.5 Å². The maximum Gasteiger partial charge on any atom is 0.345 e. The first-order valence-corrected chi connectivity index (χ1v) is 6.70. The average molecular weight is 321 g/mol. The first-order valence-electron chi connectivity index (χ1n) is 6.70. The van der Waals surface area contributed by atoms with Crippen LogP contribution in [0.5, 0.6) is 5.75 Å². The molecule has 0 bridgehead atoms. The number of nitrogens with two attached hydrogens (primary N) is 1. The lowest BCUT2D eigenvalue weighted by atomic mass is 10.1. The second kappa shape index (κ2) is 6.88. The lowest BCUT2D eigenvalue weighted by Gasteiger charge is -2.28. The number of nitrogens with one attached hydrogen (secondary N) is 1. The van der Waals surface area contributed by atoms with Gasteiger partial charge in [-0.2, -0.15) is 0 Å². The normalized spacial score (nSPS) is 14.3. The summed E-state index contributed by atoms with van der Waals surface area (Å²) in [6, 6.07) is 3.58. The number of benzene rings is 1. The summed E-state index contributed by atoms with van der Waals surface area (Å²) in [5, 5.41) is 2.17. The van der Waals surface area contributed by atoms with E-state index in [-0.39, 0.29) is 30.1 Å². The number of carbonyl (C=O) groups excluding carboxylic acids is 4. The van der Waals surface area contributed by atoms with Crippen LogP contribution in [0.15, 0.2) is 18.2 Å². The summed E-state index contributed by atoms with van der Waals surface area (Å²) in [5.74, 6) is -1.81. The van der Waals surface area contributed by atoms with Gasteiger partial charge in [0.2, 0.25) is 5.91 Å². The molecule has 1 aliphatic rings. The third kappa shape index (κ3) is 3.64. The highest BCUT2D eigenvalue weighted by Crippen LogP contribution is 2.30. The van der Waals surface area contributed by atoms with Gasteiger partial charge in [0.1, 0.15) is 5.75 Å². The Hall–Kier alpha value is -2.94. The average Bonchev–Trinajstić information content (AvgIpc) is 2.54. The summed E-state index contributed by atoms with van der Waals surface area (Å²) < 4.78 is 9.69. The van der Waals surface area contributed by atoms with Crippen LogP contribution in [0.25, 0.3) is 0 Å². The van der Waals surface area contributed by atoms with Crippen molar-refractivity contribution in [1.82, 2.24) is 5.32 Å². The highest BCUT2D eigenvalue weighted by Gasteiger charge is 2.27. The minimum absolute atomic E-state index is 0.0484. The molecule has 0 unspecified atom stereocenters. The van der Waals surface area contributed by atoms with Gasteiger partial charge in [-0.05, 0) is 18.2 Å². The van der Waals surface area contributed by atoms with Crippen LogP contribution in [-0.4, -0.2) is 44.1 Å². The van der Waals surface area contributed by atoms with E-state index in [2.05, 4.69) is 10.1 Å².